The van der Waals surface area contributed by atoms with Gasteiger partial charge in [-0.2, -0.15) is 0 Å². The Morgan fingerprint density at radius 3 is 1.75 bits per heavy atom. The Hall–Kier alpha value is 1.04. The topological polar surface area (TPSA) is 18.5 Å². The van der Waals surface area contributed by atoms with Gasteiger partial charge in [-0.3, -0.25) is 0 Å². The van der Waals surface area contributed by atoms with Crippen LogP contribution in [0.15, 0.2) is 0 Å². The lowest BCUT2D eigenvalue weighted by molar-refractivity contribution is 0.735. The summed E-state index contributed by atoms with van der Waals surface area (Å²) in [5, 5.41) is 0. The van der Waals surface area contributed by atoms with Crippen LogP contribution in [0.1, 0.15) is 0 Å². The highest BCUT2D eigenvalue weighted by molar-refractivity contribution is 7.11. The molecule has 1 saturated heterocycles. The zero-order chi connectivity index (χ0) is 12.9. The fourth-order valence-electron chi connectivity index (χ4n) is 3.42. The van der Waals surface area contributed by atoms with E-state index < -0.39 is 34.1 Å². The van der Waals surface area contributed by atoms with Gasteiger partial charge in [0.25, 0.3) is 0 Å². The van der Waals surface area contributed by atoms with E-state index >= 15 is 0 Å². The number of rotatable bonds is 1. The van der Waals surface area contributed by atoms with E-state index in [0.29, 0.717) is 0 Å². The molecule has 0 bridgehead atoms. The average Bonchev–Trinajstić information content (AvgIpc) is 1.95. The lowest BCUT2D eigenvalue weighted by Crippen LogP contribution is -2.88. The molecule has 1 heterocycles. The third kappa shape index (κ3) is 2.41. The highest BCUT2D eigenvalue weighted by Crippen LogP contribution is 2.33. The summed E-state index contributed by atoms with van der Waals surface area (Å²) in [5.41, 5.74) is 0. The van der Waals surface area contributed by atoms with Crippen LogP contribution in [-0.4, -0.2) is 41.8 Å². The van der Waals surface area contributed by atoms with E-state index in [0.717, 1.165) is 0 Å². The fourth-order valence-corrected chi connectivity index (χ4v) is 34.2. The summed E-state index contributed by atoms with van der Waals surface area (Å²) < 4.78 is 8.96. The third-order valence-electron chi connectivity index (χ3n) is 3.14. The van der Waals surface area contributed by atoms with E-state index in [4.69, 9.17) is 11.8 Å². The Kier molecular flexibility index (Phi) is 4.06. The van der Waals surface area contributed by atoms with Gasteiger partial charge in [0.05, 0.1) is 0 Å². The monoisotopic (exact) mass is 310 g/mol. The van der Waals surface area contributed by atoms with Crippen LogP contribution in [0.2, 0.25) is 52.4 Å². The largest absolute Gasteiger partial charge is 0.345 e. The van der Waals surface area contributed by atoms with Gasteiger partial charge in [-0.1, -0.05) is 13.1 Å². The van der Waals surface area contributed by atoms with Crippen molar-refractivity contribution >= 4 is 45.9 Å². The van der Waals surface area contributed by atoms with Crippen LogP contribution in [-0.2, 0) is 0 Å². The molecule has 0 aromatic carbocycles. The molecule has 8 heteroatoms. The number of halogens is 1. The molecule has 0 atom stereocenters. The molecule has 3 nitrogen and oxygen atoms in total. The molecule has 1 fully saturated rings. The summed E-state index contributed by atoms with van der Waals surface area (Å²) in [5.74, 6) is 0. The normalized spacial score (nSPS) is 29.6. The van der Waals surface area contributed by atoms with E-state index in [2.05, 4.69) is 64.7 Å². The van der Waals surface area contributed by atoms with Gasteiger partial charge in [0.2, 0.25) is 8.40 Å². The molecule has 95 valence electrons. The van der Waals surface area contributed by atoms with Crippen molar-refractivity contribution in [1.82, 2.24) is 12.3 Å². The predicted octanol–water partition coefficient (Wildman–Crippen LogP) is 2.70. The second-order valence-electron chi connectivity index (χ2n) is 6.30. The predicted molar refractivity (Wildman–Crippen MR) is 82.6 cm³/mol. The van der Waals surface area contributed by atoms with E-state index in [1.165, 1.54) is 0 Å². The molecule has 0 amide bonds. The molecule has 0 aromatic heterocycles. The van der Waals surface area contributed by atoms with Crippen LogP contribution in [0.4, 0.5) is 0 Å². The van der Waals surface area contributed by atoms with E-state index in [1.807, 2.05) is 0 Å². The van der Waals surface area contributed by atoms with Crippen molar-refractivity contribution in [2.75, 3.05) is 0 Å². The van der Waals surface area contributed by atoms with Crippen LogP contribution in [0.5, 0.6) is 0 Å². The van der Waals surface area contributed by atoms with Gasteiger partial charge in [-0.05, 0) is 51.1 Å². The van der Waals surface area contributed by atoms with Gasteiger partial charge < -0.3 is 8.54 Å². The minimum Gasteiger partial charge on any atom is -0.345 e. The second kappa shape index (κ2) is 4.30. The van der Waals surface area contributed by atoms with Crippen molar-refractivity contribution in [1.29, 1.82) is 0 Å². The van der Waals surface area contributed by atoms with Gasteiger partial charge in [-0.15, -0.1) is 0 Å². The lowest BCUT2D eigenvalue weighted by atomic mass is 11.9. The zero-order valence-corrected chi connectivity index (χ0v) is 16.5. The SMILES string of the molecule is C[Si](C)N1[Si](C)(C)N[Si](C)(C)N(Cl)[Si]1(C)C. The number of nitrogens with zero attached hydrogens (tertiary/aromatic N) is 2. The second-order valence-corrected chi connectivity index (χ2v) is 23.4. The fraction of sp³-hybridized carbons (Fsp3) is 1.00. The van der Waals surface area contributed by atoms with E-state index in [-0.39, 0.29) is 0 Å². The Bertz CT molecular complexity index is 282. The standard InChI is InChI=1S/C8H25ClN3Si4/c1-13(2)12-15(5,6)10-14(3,4)11(9)16(12,7)8/h10H,1-8H3. The maximum absolute atomic E-state index is 6.66. The number of nitrogens with one attached hydrogen (secondary N) is 1. The van der Waals surface area contributed by atoms with Crippen LogP contribution < -0.4 is 4.65 Å². The first-order valence-corrected chi connectivity index (χ1v) is 17.4. The van der Waals surface area contributed by atoms with Crippen molar-refractivity contribution in [3.8, 4) is 0 Å². The summed E-state index contributed by atoms with van der Waals surface area (Å²) in [6, 6.07) is 0. The van der Waals surface area contributed by atoms with Gasteiger partial charge >= 0.3 is 0 Å². The van der Waals surface area contributed by atoms with Gasteiger partial charge in [0, 0.05) is 0 Å². The lowest BCUT2D eigenvalue weighted by Gasteiger charge is -2.61. The first-order chi connectivity index (χ1) is 6.93. The minimum absolute atomic E-state index is 0.440. The Labute approximate surface area is 110 Å². The Morgan fingerprint density at radius 1 is 0.938 bits per heavy atom. The zero-order valence-electron chi connectivity index (χ0n) is 11.8. The summed E-state index contributed by atoms with van der Waals surface area (Å²) in [6.45, 7) is 19.1. The molecule has 1 aliphatic rings. The van der Waals surface area contributed by atoms with Crippen molar-refractivity contribution in [3.05, 3.63) is 0 Å². The molecule has 1 rings (SSSR count). The Balaban J connectivity index is 3.20. The van der Waals surface area contributed by atoms with Crippen LogP contribution in [0, 0.1) is 0 Å². The molecular weight excluding hydrogens is 286 g/mol. The molecular formula is C8H25ClN3Si4. The van der Waals surface area contributed by atoms with Crippen molar-refractivity contribution in [2.45, 2.75) is 52.4 Å². The summed E-state index contributed by atoms with van der Waals surface area (Å²) in [4.78, 5) is 0. The molecule has 1 N–H and O–H groups in total. The third-order valence-corrected chi connectivity index (χ3v) is 28.2. The first-order valence-electron chi connectivity index (χ1n) is 5.79. The summed E-state index contributed by atoms with van der Waals surface area (Å²) in [6.07, 6.45) is 0. The number of hydrogen-bond acceptors (Lipinski definition) is 3. The molecule has 0 saturated carbocycles. The van der Waals surface area contributed by atoms with Gasteiger partial charge in [0.15, 0.2) is 16.8 Å². The smallest absolute Gasteiger partial charge is 0.201 e. The maximum Gasteiger partial charge on any atom is 0.201 e. The molecule has 16 heavy (non-hydrogen) atoms. The van der Waals surface area contributed by atoms with Gasteiger partial charge in [0.1, 0.15) is 8.96 Å². The van der Waals surface area contributed by atoms with Crippen LogP contribution in [0.25, 0.3) is 0 Å². The van der Waals surface area contributed by atoms with Crippen molar-refractivity contribution in [2.24, 2.45) is 0 Å². The van der Waals surface area contributed by atoms with E-state index in [1.54, 1.807) is 0 Å². The molecule has 0 spiro atoms. The highest BCUT2D eigenvalue weighted by Gasteiger charge is 2.57. The van der Waals surface area contributed by atoms with Gasteiger partial charge in [-0.25, -0.2) is 3.75 Å². The first kappa shape index (κ1) is 15.1. The van der Waals surface area contributed by atoms with Crippen molar-refractivity contribution in [3.63, 3.8) is 0 Å². The Morgan fingerprint density at radius 2 is 1.38 bits per heavy atom. The number of hydrogen-bond donors (Lipinski definition) is 1. The highest BCUT2D eigenvalue weighted by atomic mass is 35.5. The summed E-state index contributed by atoms with van der Waals surface area (Å²) in [7, 11) is -5.13. The molecule has 0 aromatic rings. The molecule has 1 aliphatic heterocycles. The molecule has 0 aliphatic carbocycles. The molecule has 1 radical (unpaired) electrons. The average molecular weight is 311 g/mol. The van der Waals surface area contributed by atoms with E-state index in [9.17, 15) is 0 Å². The molecule has 0 unspecified atom stereocenters. The maximum atomic E-state index is 6.66. The van der Waals surface area contributed by atoms with Crippen molar-refractivity contribution < 1.29 is 0 Å². The minimum atomic E-state index is -1.62. The van der Waals surface area contributed by atoms with Crippen LogP contribution in [0.3, 0.4) is 0 Å². The quantitative estimate of drug-likeness (QED) is 0.593. The van der Waals surface area contributed by atoms with Crippen LogP contribution >= 0.6 is 11.8 Å². The summed E-state index contributed by atoms with van der Waals surface area (Å²) >= 11 is 6.66.